The molecule has 0 saturated heterocycles. The van der Waals surface area contributed by atoms with Crippen molar-refractivity contribution in [1.29, 1.82) is 0 Å². The van der Waals surface area contributed by atoms with E-state index in [1.165, 1.54) is 0 Å². The van der Waals surface area contributed by atoms with Crippen molar-refractivity contribution in [3.8, 4) is 11.4 Å². The van der Waals surface area contributed by atoms with Gasteiger partial charge in [-0.05, 0) is 43.2 Å². The molecule has 1 aliphatic carbocycles. The lowest BCUT2D eigenvalue weighted by molar-refractivity contribution is -0.0660. The molecule has 9 heteroatoms. The summed E-state index contributed by atoms with van der Waals surface area (Å²) in [4.78, 5) is 0. The van der Waals surface area contributed by atoms with Crippen LogP contribution in [0.5, 0.6) is 5.75 Å². The number of nitrogens with one attached hydrogen (secondary N) is 1. The minimum absolute atomic E-state index is 0.0169. The Morgan fingerprint density at radius 3 is 2.63 bits per heavy atom. The Balaban J connectivity index is 1.65. The number of benzene rings is 1. The number of rotatable bonds is 6. The van der Waals surface area contributed by atoms with E-state index in [0.717, 1.165) is 17.5 Å². The average Bonchev–Trinajstić information content (AvgIpc) is 3.01. The van der Waals surface area contributed by atoms with E-state index < -0.39 is 34.3 Å². The van der Waals surface area contributed by atoms with Crippen LogP contribution in [0.25, 0.3) is 5.69 Å². The molecule has 0 spiro atoms. The minimum atomic E-state index is -3.47. The fourth-order valence-electron chi connectivity index (χ4n) is 3.29. The maximum absolute atomic E-state index is 13.8. The van der Waals surface area contributed by atoms with Crippen molar-refractivity contribution < 1.29 is 21.9 Å². The molecule has 148 valence electrons. The summed E-state index contributed by atoms with van der Waals surface area (Å²) in [6.07, 6.45) is 4.04. The predicted molar refractivity (Wildman–Crippen MR) is 97.9 cm³/mol. The Morgan fingerprint density at radius 2 is 2.04 bits per heavy atom. The molecule has 1 saturated carbocycles. The first-order chi connectivity index (χ1) is 12.6. The van der Waals surface area contributed by atoms with Gasteiger partial charge >= 0.3 is 0 Å². The van der Waals surface area contributed by atoms with E-state index in [9.17, 15) is 17.2 Å². The first-order valence-electron chi connectivity index (χ1n) is 8.71. The number of aryl methyl sites for hydroxylation is 1. The molecule has 1 aromatic heterocycles. The summed E-state index contributed by atoms with van der Waals surface area (Å²) in [6, 6.07) is 6.58. The average molecular weight is 399 g/mol. The van der Waals surface area contributed by atoms with Crippen molar-refractivity contribution in [3.05, 3.63) is 42.2 Å². The van der Waals surface area contributed by atoms with Gasteiger partial charge in [-0.15, -0.1) is 0 Å². The Morgan fingerprint density at radius 1 is 1.33 bits per heavy atom. The van der Waals surface area contributed by atoms with Crippen molar-refractivity contribution >= 4 is 10.0 Å². The standard InChI is InChI=1S/C18H23F2N3O3S/c1-13-10-21-23(11-13)15-3-5-16(6-4-15)26-12-14-9-18(19,20)8-7-17(14)22-27(2,24)25/h3-6,10-11,14,17,22H,7-9,12H2,1-2H3/t14-,17-/m0/s1. The molecule has 1 heterocycles. The highest BCUT2D eigenvalue weighted by atomic mass is 32.2. The molecule has 0 amide bonds. The van der Waals surface area contributed by atoms with E-state index in [0.29, 0.717) is 5.75 Å². The smallest absolute Gasteiger partial charge is 0.248 e. The molecule has 0 unspecified atom stereocenters. The van der Waals surface area contributed by atoms with Crippen LogP contribution in [0.1, 0.15) is 24.8 Å². The zero-order chi connectivity index (χ0) is 19.7. The fourth-order valence-corrected chi connectivity index (χ4v) is 4.15. The van der Waals surface area contributed by atoms with Gasteiger partial charge in [0.2, 0.25) is 15.9 Å². The summed E-state index contributed by atoms with van der Waals surface area (Å²) < 4.78 is 60.5. The molecule has 27 heavy (non-hydrogen) atoms. The first kappa shape index (κ1) is 19.8. The van der Waals surface area contributed by atoms with Gasteiger partial charge in [0.25, 0.3) is 0 Å². The molecule has 0 radical (unpaired) electrons. The maximum Gasteiger partial charge on any atom is 0.248 e. The van der Waals surface area contributed by atoms with Crippen LogP contribution in [0.3, 0.4) is 0 Å². The van der Waals surface area contributed by atoms with E-state index in [4.69, 9.17) is 4.74 Å². The third kappa shape index (κ3) is 5.49. The number of hydrogen-bond donors (Lipinski definition) is 1. The third-order valence-electron chi connectivity index (χ3n) is 4.59. The number of aromatic nitrogens is 2. The fraction of sp³-hybridized carbons (Fsp3) is 0.500. The Hall–Kier alpha value is -2.00. The van der Waals surface area contributed by atoms with Crippen molar-refractivity contribution in [3.63, 3.8) is 0 Å². The van der Waals surface area contributed by atoms with Crippen molar-refractivity contribution in [2.45, 2.75) is 38.2 Å². The summed E-state index contributed by atoms with van der Waals surface area (Å²) in [5.41, 5.74) is 1.90. The highest BCUT2D eigenvalue weighted by molar-refractivity contribution is 7.88. The third-order valence-corrected chi connectivity index (χ3v) is 5.32. The summed E-state index contributed by atoms with van der Waals surface area (Å²) in [5, 5.41) is 4.22. The molecular weight excluding hydrogens is 376 g/mol. The number of alkyl halides is 2. The molecule has 2 aromatic rings. The van der Waals surface area contributed by atoms with Gasteiger partial charge in [-0.1, -0.05) is 0 Å². The van der Waals surface area contributed by atoms with Gasteiger partial charge in [0.05, 0.1) is 24.7 Å². The second-order valence-corrected chi connectivity index (χ2v) is 8.90. The van der Waals surface area contributed by atoms with Crippen LogP contribution in [0.2, 0.25) is 0 Å². The number of ether oxygens (including phenoxy) is 1. The lowest BCUT2D eigenvalue weighted by Gasteiger charge is -2.35. The molecule has 1 aliphatic rings. The predicted octanol–water partition coefficient (Wildman–Crippen LogP) is 2.91. The van der Waals surface area contributed by atoms with Crippen LogP contribution in [0.4, 0.5) is 8.78 Å². The lowest BCUT2D eigenvalue weighted by Crippen LogP contribution is -2.48. The summed E-state index contributed by atoms with van der Waals surface area (Å²) in [5.74, 6) is -2.86. The van der Waals surface area contributed by atoms with Crippen LogP contribution < -0.4 is 9.46 Å². The van der Waals surface area contributed by atoms with Crippen LogP contribution in [-0.2, 0) is 10.0 Å². The quantitative estimate of drug-likeness (QED) is 0.811. The SMILES string of the molecule is Cc1cnn(-c2ccc(OC[C@@H]3CC(F)(F)CC[C@@H]3NS(C)(=O)=O)cc2)c1. The summed E-state index contributed by atoms with van der Waals surface area (Å²) in [7, 11) is -3.47. The Kier molecular flexibility index (Phi) is 5.53. The van der Waals surface area contributed by atoms with Gasteiger partial charge in [0, 0.05) is 31.0 Å². The maximum atomic E-state index is 13.8. The van der Waals surface area contributed by atoms with Crippen molar-refractivity contribution in [2.75, 3.05) is 12.9 Å². The molecular formula is C18H23F2N3O3S. The molecule has 1 N–H and O–H groups in total. The second kappa shape index (κ2) is 7.55. The van der Waals surface area contributed by atoms with Gasteiger partial charge < -0.3 is 4.74 Å². The van der Waals surface area contributed by atoms with E-state index >= 15 is 0 Å². The van der Waals surface area contributed by atoms with E-state index in [1.807, 2.05) is 25.3 Å². The normalized spacial score (nSPS) is 22.5. The molecule has 0 aliphatic heterocycles. The molecule has 1 fully saturated rings. The highest BCUT2D eigenvalue weighted by Gasteiger charge is 2.42. The van der Waals surface area contributed by atoms with E-state index in [-0.39, 0.29) is 19.4 Å². The van der Waals surface area contributed by atoms with Gasteiger partial charge in [0.15, 0.2) is 0 Å². The number of halogens is 2. The van der Waals surface area contributed by atoms with Crippen molar-refractivity contribution in [1.82, 2.24) is 14.5 Å². The van der Waals surface area contributed by atoms with Crippen LogP contribution in [0.15, 0.2) is 36.7 Å². The zero-order valence-corrected chi connectivity index (χ0v) is 16.0. The monoisotopic (exact) mass is 399 g/mol. The van der Waals surface area contributed by atoms with Gasteiger partial charge in [-0.3, -0.25) is 0 Å². The largest absolute Gasteiger partial charge is 0.493 e. The number of nitrogens with zero attached hydrogens (tertiary/aromatic N) is 2. The Labute approximate surface area is 157 Å². The van der Waals surface area contributed by atoms with Crippen LogP contribution in [0, 0.1) is 12.8 Å². The topological polar surface area (TPSA) is 73.2 Å². The molecule has 3 rings (SSSR count). The molecule has 1 aromatic carbocycles. The minimum Gasteiger partial charge on any atom is -0.493 e. The lowest BCUT2D eigenvalue weighted by atomic mass is 9.83. The highest BCUT2D eigenvalue weighted by Crippen LogP contribution is 2.37. The van der Waals surface area contributed by atoms with E-state index in [1.54, 1.807) is 23.0 Å². The molecule has 2 atom stereocenters. The summed E-state index contributed by atoms with van der Waals surface area (Å²) >= 11 is 0. The van der Waals surface area contributed by atoms with Gasteiger partial charge in [0.1, 0.15) is 5.75 Å². The van der Waals surface area contributed by atoms with E-state index in [2.05, 4.69) is 9.82 Å². The second-order valence-electron chi connectivity index (χ2n) is 7.12. The van der Waals surface area contributed by atoms with Crippen molar-refractivity contribution in [2.24, 2.45) is 5.92 Å². The van der Waals surface area contributed by atoms with Gasteiger partial charge in [-0.2, -0.15) is 5.10 Å². The van der Waals surface area contributed by atoms with Crippen LogP contribution >= 0.6 is 0 Å². The zero-order valence-electron chi connectivity index (χ0n) is 15.2. The number of hydrogen-bond acceptors (Lipinski definition) is 4. The first-order valence-corrected chi connectivity index (χ1v) is 10.6. The Bertz CT molecular complexity index is 882. The van der Waals surface area contributed by atoms with Crippen LogP contribution in [-0.4, -0.2) is 43.0 Å². The molecule has 6 nitrogen and oxygen atoms in total. The summed E-state index contributed by atoms with van der Waals surface area (Å²) in [6.45, 7) is 1.96. The van der Waals surface area contributed by atoms with Gasteiger partial charge in [-0.25, -0.2) is 26.6 Å². The number of sulfonamides is 1. The molecule has 0 bridgehead atoms.